The number of rotatable bonds is 7. The first-order valence-electron chi connectivity index (χ1n) is 10.2. The molecule has 1 heterocycles. The quantitative estimate of drug-likeness (QED) is 0.676. The first-order chi connectivity index (χ1) is 13.4. The number of likely N-dealkylation sites (tertiary alicyclic amines) is 1. The largest absolute Gasteiger partial charge is 0.492 e. The lowest BCUT2D eigenvalue weighted by Crippen LogP contribution is -2.37. The Morgan fingerprint density at radius 1 is 1.07 bits per heavy atom. The molecule has 2 aliphatic rings. The third kappa shape index (κ3) is 4.54. The maximum absolute atomic E-state index is 12.5. The molecule has 2 atom stereocenters. The molecule has 0 aromatic heterocycles. The number of ether oxygens (including phenoxy) is 1. The molecule has 3 amide bonds. The lowest BCUT2D eigenvalue weighted by molar-refractivity contribution is -0.140. The summed E-state index contributed by atoms with van der Waals surface area (Å²) in [6.07, 6.45) is 3.79. The van der Waals surface area contributed by atoms with Crippen molar-refractivity contribution in [2.75, 3.05) is 26.7 Å². The molecule has 1 saturated carbocycles. The van der Waals surface area contributed by atoms with Gasteiger partial charge in [-0.05, 0) is 49.9 Å². The summed E-state index contributed by atoms with van der Waals surface area (Å²) in [5, 5.41) is 0. The second-order valence-electron chi connectivity index (χ2n) is 8.06. The fourth-order valence-corrected chi connectivity index (χ4v) is 4.29. The molecular formula is C22H30N2O4. The topological polar surface area (TPSA) is 66.9 Å². The molecule has 6 heteroatoms. The van der Waals surface area contributed by atoms with Crippen molar-refractivity contribution in [3.8, 4) is 5.75 Å². The molecule has 1 saturated heterocycles. The summed E-state index contributed by atoms with van der Waals surface area (Å²) in [5.41, 5.74) is 2.28. The van der Waals surface area contributed by atoms with Crippen molar-refractivity contribution in [1.29, 1.82) is 0 Å². The van der Waals surface area contributed by atoms with Gasteiger partial charge in [0.15, 0.2) is 0 Å². The highest BCUT2D eigenvalue weighted by Crippen LogP contribution is 2.37. The van der Waals surface area contributed by atoms with Gasteiger partial charge >= 0.3 is 0 Å². The lowest BCUT2D eigenvalue weighted by atomic mass is 9.81. The van der Waals surface area contributed by atoms with E-state index in [0.29, 0.717) is 13.2 Å². The maximum atomic E-state index is 12.5. The molecule has 0 bridgehead atoms. The van der Waals surface area contributed by atoms with E-state index in [1.807, 2.05) is 26.0 Å². The predicted molar refractivity (Wildman–Crippen MR) is 106 cm³/mol. The summed E-state index contributed by atoms with van der Waals surface area (Å²) in [6, 6.07) is 6.03. The van der Waals surface area contributed by atoms with Gasteiger partial charge < -0.3 is 9.64 Å². The number of carbonyl (C=O) groups is 3. The molecule has 28 heavy (non-hydrogen) atoms. The fraction of sp³-hybridized carbons (Fsp3) is 0.591. The van der Waals surface area contributed by atoms with Crippen LogP contribution in [-0.4, -0.2) is 54.3 Å². The van der Waals surface area contributed by atoms with Crippen LogP contribution < -0.4 is 4.74 Å². The van der Waals surface area contributed by atoms with Crippen LogP contribution in [0.1, 0.15) is 43.2 Å². The average molecular weight is 386 g/mol. The van der Waals surface area contributed by atoms with Crippen molar-refractivity contribution in [3.63, 3.8) is 0 Å². The zero-order valence-electron chi connectivity index (χ0n) is 17.1. The third-order valence-corrected chi connectivity index (χ3v) is 5.80. The number of benzene rings is 1. The number of nitrogens with zero attached hydrogens (tertiary/aromatic N) is 2. The smallest absolute Gasteiger partial charge is 0.233 e. The second kappa shape index (κ2) is 8.76. The minimum atomic E-state index is -0.153. The number of fused-ring (bicyclic) bond motifs is 1. The van der Waals surface area contributed by atoms with Crippen LogP contribution in [0, 0.1) is 25.7 Å². The molecule has 0 spiro atoms. The summed E-state index contributed by atoms with van der Waals surface area (Å²) in [5.74, 6) is 0.251. The van der Waals surface area contributed by atoms with Gasteiger partial charge in [-0.25, -0.2) is 0 Å². The van der Waals surface area contributed by atoms with Gasteiger partial charge in [-0.2, -0.15) is 0 Å². The average Bonchev–Trinajstić information content (AvgIpc) is 2.90. The number of hydrogen-bond donors (Lipinski definition) is 0. The summed E-state index contributed by atoms with van der Waals surface area (Å²) < 4.78 is 5.75. The van der Waals surface area contributed by atoms with Crippen molar-refractivity contribution >= 4 is 17.7 Å². The van der Waals surface area contributed by atoms with E-state index >= 15 is 0 Å². The molecule has 0 radical (unpaired) electrons. The third-order valence-electron chi connectivity index (χ3n) is 5.80. The van der Waals surface area contributed by atoms with Crippen LogP contribution in [0.4, 0.5) is 0 Å². The van der Waals surface area contributed by atoms with Crippen LogP contribution in [-0.2, 0) is 14.4 Å². The Morgan fingerprint density at radius 2 is 1.64 bits per heavy atom. The molecular weight excluding hydrogens is 356 g/mol. The summed E-state index contributed by atoms with van der Waals surface area (Å²) in [6.45, 7) is 5.08. The molecule has 0 unspecified atom stereocenters. The predicted octanol–water partition coefficient (Wildman–Crippen LogP) is 2.71. The molecule has 152 valence electrons. The van der Waals surface area contributed by atoms with Gasteiger partial charge in [0, 0.05) is 20.0 Å². The first-order valence-corrected chi connectivity index (χ1v) is 10.2. The highest BCUT2D eigenvalue weighted by atomic mass is 16.5. The number of aryl methyl sites for hydroxylation is 2. The molecule has 3 rings (SSSR count). The minimum Gasteiger partial charge on any atom is -0.492 e. The van der Waals surface area contributed by atoms with Crippen molar-refractivity contribution in [1.82, 2.24) is 9.80 Å². The van der Waals surface area contributed by atoms with E-state index < -0.39 is 0 Å². The van der Waals surface area contributed by atoms with Crippen molar-refractivity contribution in [2.45, 2.75) is 46.0 Å². The number of imide groups is 1. The van der Waals surface area contributed by atoms with E-state index in [9.17, 15) is 14.4 Å². The highest BCUT2D eigenvalue weighted by molar-refractivity contribution is 6.05. The van der Waals surface area contributed by atoms with Crippen molar-refractivity contribution in [2.24, 2.45) is 11.8 Å². The summed E-state index contributed by atoms with van der Waals surface area (Å²) >= 11 is 0. The number of amides is 3. The van der Waals surface area contributed by atoms with E-state index in [0.717, 1.165) is 42.6 Å². The van der Waals surface area contributed by atoms with E-state index in [-0.39, 0.29) is 42.5 Å². The first kappa shape index (κ1) is 20.4. The van der Waals surface area contributed by atoms with Crippen molar-refractivity contribution in [3.05, 3.63) is 29.3 Å². The van der Waals surface area contributed by atoms with Crippen LogP contribution in [0.2, 0.25) is 0 Å². The van der Waals surface area contributed by atoms with Gasteiger partial charge in [0.05, 0.1) is 18.4 Å². The molecule has 1 aromatic rings. The Morgan fingerprint density at radius 3 is 2.21 bits per heavy atom. The number of hydrogen-bond acceptors (Lipinski definition) is 4. The fourth-order valence-electron chi connectivity index (χ4n) is 4.29. The van der Waals surface area contributed by atoms with E-state index in [2.05, 4.69) is 6.07 Å². The Kier molecular flexibility index (Phi) is 6.37. The number of carbonyl (C=O) groups excluding carboxylic acids is 3. The van der Waals surface area contributed by atoms with E-state index in [1.54, 1.807) is 11.9 Å². The summed E-state index contributed by atoms with van der Waals surface area (Å²) in [7, 11) is 1.72. The lowest BCUT2D eigenvalue weighted by Gasteiger charge is -2.20. The molecule has 6 nitrogen and oxygen atoms in total. The molecule has 1 aliphatic carbocycles. The normalized spacial score (nSPS) is 21.6. The Bertz CT molecular complexity index is 717. The number of likely N-dealkylation sites (N-methyl/N-ethyl adjacent to an activating group) is 1. The molecule has 1 aliphatic heterocycles. The Hall–Kier alpha value is -2.37. The zero-order chi connectivity index (χ0) is 20.3. The van der Waals surface area contributed by atoms with Crippen molar-refractivity contribution < 1.29 is 19.1 Å². The standard InChI is InChI=1S/C22H30N2O4/c1-15-12-16(2)14-17(13-15)28-11-10-23(3)20(25)8-9-24-21(26)18-6-4-5-7-19(18)22(24)27/h12-14,18-19H,4-11H2,1-3H3/t18-,19+. The zero-order valence-corrected chi connectivity index (χ0v) is 17.1. The monoisotopic (exact) mass is 386 g/mol. The van der Waals surface area contributed by atoms with Gasteiger partial charge in [0.2, 0.25) is 17.7 Å². The summed E-state index contributed by atoms with van der Waals surface area (Å²) in [4.78, 5) is 40.3. The second-order valence-corrected chi connectivity index (χ2v) is 8.06. The van der Waals surface area contributed by atoms with Crippen LogP contribution >= 0.6 is 0 Å². The van der Waals surface area contributed by atoms with Crippen LogP contribution in [0.25, 0.3) is 0 Å². The van der Waals surface area contributed by atoms with Gasteiger partial charge in [-0.1, -0.05) is 18.9 Å². The Balaban J connectivity index is 1.44. The van der Waals surface area contributed by atoms with Crippen LogP contribution in [0.5, 0.6) is 5.75 Å². The van der Waals surface area contributed by atoms with E-state index in [1.165, 1.54) is 4.90 Å². The molecule has 0 N–H and O–H groups in total. The van der Waals surface area contributed by atoms with Gasteiger partial charge in [0.25, 0.3) is 0 Å². The highest BCUT2D eigenvalue weighted by Gasteiger charge is 2.47. The minimum absolute atomic E-state index is 0.0803. The van der Waals surface area contributed by atoms with Gasteiger partial charge in [0.1, 0.15) is 12.4 Å². The maximum Gasteiger partial charge on any atom is 0.233 e. The Labute approximate surface area is 166 Å². The molecule has 2 fully saturated rings. The van der Waals surface area contributed by atoms with Gasteiger partial charge in [-0.3, -0.25) is 19.3 Å². The van der Waals surface area contributed by atoms with Crippen LogP contribution in [0.3, 0.4) is 0 Å². The molecule has 1 aromatic carbocycles. The van der Waals surface area contributed by atoms with E-state index in [4.69, 9.17) is 4.74 Å². The van der Waals surface area contributed by atoms with Gasteiger partial charge in [-0.15, -0.1) is 0 Å². The SMILES string of the molecule is Cc1cc(C)cc(OCCN(C)C(=O)CCN2C(=O)[C@H]3CCCC[C@H]3C2=O)c1. The van der Waals surface area contributed by atoms with Crippen LogP contribution in [0.15, 0.2) is 18.2 Å².